The van der Waals surface area contributed by atoms with Gasteiger partial charge >= 0.3 is 0 Å². The summed E-state index contributed by atoms with van der Waals surface area (Å²) in [5, 5.41) is 3.19. The van der Waals surface area contributed by atoms with E-state index in [9.17, 15) is 0 Å². The fourth-order valence-corrected chi connectivity index (χ4v) is 2.14. The Morgan fingerprint density at radius 3 is 2.74 bits per heavy atom. The van der Waals surface area contributed by atoms with Gasteiger partial charge in [0.05, 0.1) is 6.54 Å². The van der Waals surface area contributed by atoms with E-state index < -0.39 is 0 Å². The number of nitrogens with zero attached hydrogens (tertiary/aromatic N) is 2. The number of hydrogen-bond donors (Lipinski definition) is 1. The van der Waals surface area contributed by atoms with Crippen LogP contribution in [0.15, 0.2) is 12.4 Å². The first kappa shape index (κ1) is 14.2. The molecule has 1 saturated heterocycles. The topological polar surface area (TPSA) is 65.5 Å². The first-order valence-corrected chi connectivity index (χ1v) is 6.52. The fourth-order valence-electron chi connectivity index (χ4n) is 2.14. The van der Waals surface area contributed by atoms with Crippen molar-refractivity contribution in [1.82, 2.24) is 9.97 Å². The summed E-state index contributed by atoms with van der Waals surface area (Å²) < 4.78 is 15.6. The van der Waals surface area contributed by atoms with Crippen LogP contribution in [0.1, 0.15) is 24.5 Å². The molecule has 2 rings (SSSR count). The number of nitrogens with one attached hydrogen (secondary N) is 1. The molecule has 0 amide bonds. The van der Waals surface area contributed by atoms with E-state index >= 15 is 0 Å². The Labute approximate surface area is 113 Å². The number of methoxy groups -OCH3 is 2. The molecule has 1 aromatic rings. The second-order valence-corrected chi connectivity index (χ2v) is 4.50. The lowest BCUT2D eigenvalue weighted by Crippen LogP contribution is -2.24. The van der Waals surface area contributed by atoms with Gasteiger partial charge in [0, 0.05) is 45.1 Å². The number of aromatic nitrogens is 2. The van der Waals surface area contributed by atoms with Gasteiger partial charge in [-0.25, -0.2) is 9.97 Å². The maximum Gasteiger partial charge on any atom is 0.173 e. The maximum absolute atomic E-state index is 5.37. The smallest absolute Gasteiger partial charge is 0.173 e. The zero-order valence-corrected chi connectivity index (χ0v) is 11.5. The highest BCUT2D eigenvalue weighted by Gasteiger charge is 2.17. The van der Waals surface area contributed by atoms with Crippen LogP contribution in [0.4, 0.5) is 5.82 Å². The van der Waals surface area contributed by atoms with Gasteiger partial charge in [-0.1, -0.05) is 0 Å². The van der Waals surface area contributed by atoms with Crippen molar-refractivity contribution in [2.45, 2.75) is 25.0 Å². The number of rotatable bonds is 6. The second kappa shape index (κ2) is 7.37. The van der Waals surface area contributed by atoms with Crippen molar-refractivity contribution in [3.05, 3.63) is 18.1 Å². The molecule has 19 heavy (non-hydrogen) atoms. The molecular weight excluding hydrogens is 246 g/mol. The molecule has 1 N–H and O–H groups in total. The average Bonchev–Trinajstić information content (AvgIpc) is 2.49. The van der Waals surface area contributed by atoms with E-state index in [1.165, 1.54) is 0 Å². The maximum atomic E-state index is 5.37. The van der Waals surface area contributed by atoms with Crippen molar-refractivity contribution in [2.75, 3.05) is 39.3 Å². The number of hydrogen-bond acceptors (Lipinski definition) is 6. The van der Waals surface area contributed by atoms with Crippen LogP contribution in [-0.2, 0) is 14.2 Å². The molecule has 1 aliphatic heterocycles. The Hall–Kier alpha value is -1.24. The molecule has 106 valence electrons. The monoisotopic (exact) mass is 267 g/mol. The van der Waals surface area contributed by atoms with Crippen molar-refractivity contribution in [3.8, 4) is 0 Å². The van der Waals surface area contributed by atoms with E-state index in [0.29, 0.717) is 12.5 Å². The van der Waals surface area contributed by atoms with Gasteiger partial charge in [0.1, 0.15) is 12.1 Å². The van der Waals surface area contributed by atoms with Crippen LogP contribution in [0.25, 0.3) is 0 Å². The van der Waals surface area contributed by atoms with E-state index in [-0.39, 0.29) is 6.29 Å². The summed E-state index contributed by atoms with van der Waals surface area (Å²) in [5.74, 6) is 1.27. The van der Waals surface area contributed by atoms with Crippen LogP contribution in [0.3, 0.4) is 0 Å². The third-order valence-corrected chi connectivity index (χ3v) is 3.30. The van der Waals surface area contributed by atoms with E-state index in [1.807, 2.05) is 6.07 Å². The van der Waals surface area contributed by atoms with E-state index in [2.05, 4.69) is 15.3 Å². The van der Waals surface area contributed by atoms with Gasteiger partial charge in [0.15, 0.2) is 6.29 Å². The zero-order chi connectivity index (χ0) is 13.5. The summed E-state index contributed by atoms with van der Waals surface area (Å²) in [6.07, 6.45) is 3.37. The summed E-state index contributed by atoms with van der Waals surface area (Å²) in [6, 6.07) is 2.00. The molecule has 2 heterocycles. The molecule has 6 nitrogen and oxygen atoms in total. The highest BCUT2D eigenvalue weighted by atomic mass is 16.7. The van der Waals surface area contributed by atoms with Gasteiger partial charge in [-0.2, -0.15) is 0 Å². The Bertz CT molecular complexity index is 379. The molecule has 0 bridgehead atoms. The van der Waals surface area contributed by atoms with Gasteiger partial charge in [0.2, 0.25) is 0 Å². The molecule has 0 spiro atoms. The standard InChI is InChI=1S/C13H21N3O3/c1-17-13(18-2)8-14-12-7-11(15-9-16-12)10-3-5-19-6-4-10/h7,9-10,13H,3-6,8H2,1-2H3,(H,14,15,16). The summed E-state index contributed by atoms with van der Waals surface area (Å²) in [6.45, 7) is 2.18. The minimum atomic E-state index is -0.276. The molecule has 0 saturated carbocycles. The summed E-state index contributed by atoms with van der Waals surface area (Å²) >= 11 is 0. The largest absolute Gasteiger partial charge is 0.381 e. The highest BCUT2D eigenvalue weighted by molar-refractivity contribution is 5.35. The second-order valence-electron chi connectivity index (χ2n) is 4.50. The Balaban J connectivity index is 1.94. The predicted molar refractivity (Wildman–Crippen MR) is 71.1 cm³/mol. The minimum Gasteiger partial charge on any atom is -0.381 e. The zero-order valence-electron chi connectivity index (χ0n) is 11.5. The number of ether oxygens (including phenoxy) is 3. The summed E-state index contributed by atoms with van der Waals surface area (Å²) in [7, 11) is 3.23. The third-order valence-electron chi connectivity index (χ3n) is 3.30. The number of anilines is 1. The summed E-state index contributed by atoms with van der Waals surface area (Å²) in [5.41, 5.74) is 1.08. The predicted octanol–water partition coefficient (Wildman–Crippen LogP) is 1.40. The molecular formula is C13H21N3O3. The van der Waals surface area contributed by atoms with Gasteiger partial charge in [-0.15, -0.1) is 0 Å². The van der Waals surface area contributed by atoms with E-state index in [0.717, 1.165) is 37.6 Å². The van der Waals surface area contributed by atoms with Crippen LogP contribution in [0, 0.1) is 0 Å². The fraction of sp³-hybridized carbons (Fsp3) is 0.692. The Morgan fingerprint density at radius 2 is 2.05 bits per heavy atom. The lowest BCUT2D eigenvalue weighted by atomic mass is 9.96. The first-order chi connectivity index (χ1) is 9.33. The van der Waals surface area contributed by atoms with Crippen molar-refractivity contribution >= 4 is 5.82 Å². The lowest BCUT2D eigenvalue weighted by molar-refractivity contribution is -0.0914. The third kappa shape index (κ3) is 4.12. The molecule has 1 aromatic heterocycles. The van der Waals surface area contributed by atoms with Gasteiger partial charge in [-0.3, -0.25) is 0 Å². The Morgan fingerprint density at radius 1 is 1.32 bits per heavy atom. The Kier molecular flexibility index (Phi) is 5.50. The molecule has 0 unspecified atom stereocenters. The molecule has 1 fully saturated rings. The normalized spacial score (nSPS) is 16.8. The summed E-state index contributed by atoms with van der Waals surface area (Å²) in [4.78, 5) is 8.57. The molecule has 0 radical (unpaired) electrons. The van der Waals surface area contributed by atoms with Crippen LogP contribution in [0.5, 0.6) is 0 Å². The first-order valence-electron chi connectivity index (χ1n) is 6.52. The van der Waals surface area contributed by atoms with Gasteiger partial charge in [-0.05, 0) is 12.8 Å². The van der Waals surface area contributed by atoms with E-state index in [1.54, 1.807) is 20.5 Å². The molecule has 1 aliphatic rings. The minimum absolute atomic E-state index is 0.276. The molecule has 0 atom stereocenters. The van der Waals surface area contributed by atoms with Crippen molar-refractivity contribution in [3.63, 3.8) is 0 Å². The molecule has 0 aliphatic carbocycles. The van der Waals surface area contributed by atoms with Crippen LogP contribution in [0.2, 0.25) is 0 Å². The molecule has 6 heteroatoms. The van der Waals surface area contributed by atoms with Crippen molar-refractivity contribution in [1.29, 1.82) is 0 Å². The van der Waals surface area contributed by atoms with Gasteiger partial charge in [0.25, 0.3) is 0 Å². The van der Waals surface area contributed by atoms with Gasteiger partial charge < -0.3 is 19.5 Å². The average molecular weight is 267 g/mol. The van der Waals surface area contributed by atoms with E-state index in [4.69, 9.17) is 14.2 Å². The highest BCUT2D eigenvalue weighted by Crippen LogP contribution is 2.25. The SMILES string of the molecule is COC(CNc1cc(C2CCOCC2)ncn1)OC. The lowest BCUT2D eigenvalue weighted by Gasteiger charge is -2.21. The van der Waals surface area contributed by atoms with Crippen LogP contribution >= 0.6 is 0 Å². The molecule has 0 aromatic carbocycles. The van der Waals surface area contributed by atoms with Crippen LogP contribution in [-0.4, -0.2) is 50.2 Å². The van der Waals surface area contributed by atoms with Crippen molar-refractivity contribution in [2.24, 2.45) is 0 Å². The van der Waals surface area contributed by atoms with Crippen molar-refractivity contribution < 1.29 is 14.2 Å². The van der Waals surface area contributed by atoms with Crippen LogP contribution < -0.4 is 5.32 Å². The quantitative estimate of drug-likeness (QED) is 0.786.